The smallest absolute Gasteiger partial charge is 0.251 e. The van der Waals surface area contributed by atoms with Crippen LogP contribution in [0.3, 0.4) is 0 Å². The fourth-order valence-corrected chi connectivity index (χ4v) is 1.85. The number of phenolic OH excluding ortho intramolecular Hbond substituents is 1. The predicted octanol–water partition coefficient (Wildman–Crippen LogP) is -0.357. The van der Waals surface area contributed by atoms with Gasteiger partial charge in [0.2, 0.25) is 10.0 Å². The van der Waals surface area contributed by atoms with Crippen molar-refractivity contribution in [1.82, 2.24) is 10.0 Å². The van der Waals surface area contributed by atoms with E-state index in [0.29, 0.717) is 18.5 Å². The van der Waals surface area contributed by atoms with E-state index in [9.17, 15) is 18.3 Å². The standard InChI is InChI=1S/C11H17N3O4S/c1-19(17,18)14-6-2-5-13-11(16)8-3-4-9(12)10(15)7-8/h3-4,7,14-15H,2,5-6,12H2,1H3,(H,13,16). The lowest BCUT2D eigenvalue weighted by Crippen LogP contribution is -2.29. The zero-order chi connectivity index (χ0) is 14.5. The molecule has 0 saturated carbocycles. The normalized spacial score (nSPS) is 11.2. The zero-order valence-electron chi connectivity index (χ0n) is 10.5. The molecule has 106 valence electrons. The Morgan fingerprint density at radius 2 is 2.05 bits per heavy atom. The summed E-state index contributed by atoms with van der Waals surface area (Å²) in [5.41, 5.74) is 5.92. The molecule has 1 aromatic carbocycles. The first-order valence-electron chi connectivity index (χ1n) is 5.61. The fourth-order valence-electron chi connectivity index (χ4n) is 1.33. The minimum absolute atomic E-state index is 0.147. The van der Waals surface area contributed by atoms with E-state index in [-0.39, 0.29) is 23.9 Å². The van der Waals surface area contributed by atoms with Crippen molar-refractivity contribution in [2.24, 2.45) is 0 Å². The van der Waals surface area contributed by atoms with E-state index >= 15 is 0 Å². The first-order chi connectivity index (χ1) is 8.79. The number of aromatic hydroxyl groups is 1. The van der Waals surface area contributed by atoms with Gasteiger partial charge in [0.1, 0.15) is 5.75 Å². The molecule has 0 bridgehead atoms. The van der Waals surface area contributed by atoms with E-state index in [2.05, 4.69) is 10.0 Å². The quantitative estimate of drug-likeness (QED) is 0.323. The first-order valence-corrected chi connectivity index (χ1v) is 7.50. The molecule has 5 N–H and O–H groups in total. The summed E-state index contributed by atoms with van der Waals surface area (Å²) in [6.45, 7) is 0.582. The molecule has 7 nitrogen and oxygen atoms in total. The van der Waals surface area contributed by atoms with Gasteiger partial charge in [-0.25, -0.2) is 13.1 Å². The summed E-state index contributed by atoms with van der Waals surface area (Å²) in [4.78, 5) is 11.7. The summed E-state index contributed by atoms with van der Waals surface area (Å²) in [6, 6.07) is 4.22. The summed E-state index contributed by atoms with van der Waals surface area (Å²) in [5.74, 6) is -0.499. The van der Waals surface area contributed by atoms with Crippen LogP contribution in [0.15, 0.2) is 18.2 Å². The van der Waals surface area contributed by atoms with Gasteiger partial charge in [0, 0.05) is 18.7 Å². The molecule has 0 aliphatic rings. The third-order valence-electron chi connectivity index (χ3n) is 2.30. The molecule has 8 heteroatoms. The molecule has 0 aliphatic carbocycles. The highest BCUT2D eigenvalue weighted by molar-refractivity contribution is 7.88. The van der Waals surface area contributed by atoms with Gasteiger partial charge in [0.05, 0.1) is 11.9 Å². The Bertz CT molecular complexity index is 557. The largest absolute Gasteiger partial charge is 0.506 e. The van der Waals surface area contributed by atoms with Crippen LogP contribution in [0.4, 0.5) is 5.69 Å². The van der Waals surface area contributed by atoms with Crippen molar-refractivity contribution >= 4 is 21.6 Å². The maximum atomic E-state index is 11.7. The molecule has 0 aromatic heterocycles. The maximum Gasteiger partial charge on any atom is 0.251 e. The first kappa shape index (κ1) is 15.3. The number of sulfonamides is 1. The third-order valence-corrected chi connectivity index (χ3v) is 3.02. The number of nitrogens with one attached hydrogen (secondary N) is 2. The molecule has 0 saturated heterocycles. The number of rotatable bonds is 6. The van der Waals surface area contributed by atoms with Gasteiger partial charge in [-0.15, -0.1) is 0 Å². The molecule has 0 aliphatic heterocycles. The second-order valence-electron chi connectivity index (χ2n) is 4.05. The summed E-state index contributed by atoms with van der Waals surface area (Å²) in [7, 11) is -3.20. The number of carbonyl (C=O) groups excluding carboxylic acids is 1. The minimum atomic E-state index is -3.20. The van der Waals surface area contributed by atoms with Gasteiger partial charge < -0.3 is 16.2 Å². The zero-order valence-corrected chi connectivity index (χ0v) is 11.3. The molecule has 0 unspecified atom stereocenters. The van der Waals surface area contributed by atoms with Crippen LogP contribution in [0.2, 0.25) is 0 Å². The summed E-state index contributed by atoms with van der Waals surface area (Å²) >= 11 is 0. The monoisotopic (exact) mass is 287 g/mol. The molecule has 0 fully saturated rings. The van der Waals surface area contributed by atoms with Gasteiger partial charge in [-0.1, -0.05) is 0 Å². The van der Waals surface area contributed by atoms with Gasteiger partial charge in [-0.2, -0.15) is 0 Å². The Morgan fingerprint density at radius 1 is 1.37 bits per heavy atom. The molecule has 1 rings (SSSR count). The van der Waals surface area contributed by atoms with Crippen molar-refractivity contribution in [2.75, 3.05) is 25.1 Å². The number of nitrogens with two attached hydrogens (primary N) is 1. The van der Waals surface area contributed by atoms with Gasteiger partial charge in [0.25, 0.3) is 5.91 Å². The van der Waals surface area contributed by atoms with Crippen LogP contribution in [0.5, 0.6) is 5.75 Å². The number of amides is 1. The molecule has 19 heavy (non-hydrogen) atoms. The molecular formula is C11H17N3O4S. The van der Waals surface area contributed by atoms with Gasteiger partial charge in [-0.05, 0) is 24.6 Å². The lowest BCUT2D eigenvalue weighted by molar-refractivity contribution is 0.0953. The highest BCUT2D eigenvalue weighted by Crippen LogP contribution is 2.20. The lowest BCUT2D eigenvalue weighted by Gasteiger charge is -2.06. The van der Waals surface area contributed by atoms with Crippen LogP contribution >= 0.6 is 0 Å². The average molecular weight is 287 g/mol. The molecule has 1 aromatic rings. The summed E-state index contributed by atoms with van der Waals surface area (Å²) in [5, 5.41) is 12.0. The van der Waals surface area contributed by atoms with Gasteiger partial charge >= 0.3 is 0 Å². The fraction of sp³-hybridized carbons (Fsp3) is 0.364. The van der Waals surface area contributed by atoms with E-state index < -0.39 is 10.0 Å². The Labute approximate surface area is 111 Å². The van der Waals surface area contributed by atoms with Crippen molar-refractivity contribution in [1.29, 1.82) is 0 Å². The molecule has 0 atom stereocenters. The number of hydrogen-bond acceptors (Lipinski definition) is 5. The second-order valence-corrected chi connectivity index (χ2v) is 5.88. The van der Waals surface area contributed by atoms with E-state index in [4.69, 9.17) is 5.73 Å². The van der Waals surface area contributed by atoms with Crippen LogP contribution < -0.4 is 15.8 Å². The lowest BCUT2D eigenvalue weighted by atomic mass is 10.2. The maximum absolute atomic E-state index is 11.7. The summed E-state index contributed by atoms with van der Waals surface area (Å²) in [6.07, 6.45) is 1.54. The van der Waals surface area contributed by atoms with Crippen LogP contribution in [0.1, 0.15) is 16.8 Å². The number of benzene rings is 1. The Morgan fingerprint density at radius 3 is 2.63 bits per heavy atom. The topological polar surface area (TPSA) is 122 Å². The molecule has 0 heterocycles. The highest BCUT2D eigenvalue weighted by atomic mass is 32.2. The Hall–Kier alpha value is -1.80. The summed E-state index contributed by atoms with van der Waals surface area (Å²) < 4.78 is 23.9. The number of nitrogen functional groups attached to an aromatic ring is 1. The van der Waals surface area contributed by atoms with E-state index in [1.54, 1.807) is 0 Å². The van der Waals surface area contributed by atoms with Crippen molar-refractivity contribution in [3.8, 4) is 5.75 Å². The van der Waals surface area contributed by atoms with Crippen LogP contribution in [-0.2, 0) is 10.0 Å². The van der Waals surface area contributed by atoms with E-state index in [1.165, 1.54) is 18.2 Å². The third kappa shape index (κ3) is 5.58. The van der Waals surface area contributed by atoms with Crippen molar-refractivity contribution in [3.63, 3.8) is 0 Å². The van der Waals surface area contributed by atoms with Crippen LogP contribution in [0, 0.1) is 0 Å². The van der Waals surface area contributed by atoms with Crippen molar-refractivity contribution in [3.05, 3.63) is 23.8 Å². The van der Waals surface area contributed by atoms with E-state index in [0.717, 1.165) is 6.26 Å². The van der Waals surface area contributed by atoms with E-state index in [1.807, 2.05) is 0 Å². The number of anilines is 1. The van der Waals surface area contributed by atoms with Gasteiger partial charge in [0.15, 0.2) is 0 Å². The number of hydrogen-bond donors (Lipinski definition) is 4. The van der Waals surface area contributed by atoms with Crippen molar-refractivity contribution < 1.29 is 18.3 Å². The Balaban J connectivity index is 2.37. The van der Waals surface area contributed by atoms with Crippen LogP contribution in [0.25, 0.3) is 0 Å². The van der Waals surface area contributed by atoms with Gasteiger partial charge in [-0.3, -0.25) is 4.79 Å². The number of phenols is 1. The number of carbonyl (C=O) groups is 1. The molecular weight excluding hydrogens is 270 g/mol. The average Bonchev–Trinajstić information content (AvgIpc) is 2.30. The van der Waals surface area contributed by atoms with Crippen LogP contribution in [-0.4, -0.2) is 38.8 Å². The van der Waals surface area contributed by atoms with Crippen molar-refractivity contribution in [2.45, 2.75) is 6.42 Å². The predicted molar refractivity (Wildman–Crippen MR) is 72.3 cm³/mol. The molecule has 0 spiro atoms. The highest BCUT2D eigenvalue weighted by Gasteiger charge is 2.07. The minimum Gasteiger partial charge on any atom is -0.506 e. The molecule has 1 amide bonds. The second kappa shape index (κ2) is 6.39. The molecule has 0 radical (unpaired) electrons. The SMILES string of the molecule is CS(=O)(=O)NCCCNC(=O)c1ccc(N)c(O)c1. The Kier molecular flexibility index (Phi) is 5.13.